The Kier molecular flexibility index (Phi) is 7.70. The maximum Gasteiger partial charge on any atom is 0.382 e. The predicted octanol–water partition coefficient (Wildman–Crippen LogP) is 5.39. The average molecular weight is 585 g/mol. The van der Waals surface area contributed by atoms with E-state index in [1.54, 1.807) is 19.1 Å². The molecule has 218 valence electrons. The molecule has 0 amide bonds. The minimum absolute atomic E-state index is 0.113. The number of halogens is 2. The van der Waals surface area contributed by atoms with Crippen LogP contribution in [-0.4, -0.2) is 48.3 Å². The minimum atomic E-state index is -1.27. The number of aryl methyl sites for hydroxylation is 1. The average Bonchev–Trinajstić information content (AvgIpc) is 3.42. The highest BCUT2D eigenvalue weighted by Gasteiger charge is 2.43. The lowest BCUT2D eigenvalue weighted by Crippen LogP contribution is -2.51. The summed E-state index contributed by atoms with van der Waals surface area (Å²) < 4.78 is 40.4. The largest absolute Gasteiger partial charge is 0.460 e. The molecule has 4 heterocycles. The lowest BCUT2D eigenvalue weighted by molar-refractivity contribution is -0.715. The topological polar surface area (TPSA) is 76.9 Å². The van der Waals surface area contributed by atoms with Crippen molar-refractivity contribution in [2.75, 3.05) is 26.3 Å². The smallest absolute Gasteiger partial charge is 0.382 e. The number of carbonyl (C=O) groups excluding carboxylic acids is 1. The first kappa shape index (κ1) is 28.0. The summed E-state index contributed by atoms with van der Waals surface area (Å²) in [6.45, 7) is 9.65. The number of hydrogen-bond acceptors (Lipinski definition) is 6. The third-order valence-electron chi connectivity index (χ3n) is 8.36. The van der Waals surface area contributed by atoms with E-state index in [1.165, 1.54) is 6.07 Å². The van der Waals surface area contributed by atoms with E-state index in [0.717, 1.165) is 56.0 Å². The number of rotatable bonds is 8. The number of fused-ring (bicyclic) bond motifs is 1. The molecule has 2 atom stereocenters. The van der Waals surface area contributed by atoms with Crippen LogP contribution < -0.4 is 14.0 Å². The van der Waals surface area contributed by atoms with Crippen molar-refractivity contribution >= 4 is 17.6 Å². The van der Waals surface area contributed by atoms with Crippen LogP contribution in [0, 0.1) is 12.7 Å². The standard InChI is InChI=1S/C31H35ClFN3O5/c1-4-38-30(37)28-19(2)34-27(36(28)17-22-12-15-39-22)18-35-13-10-20(11-14-35)23-6-5-7-26-29(23)41-31(3,40-26)24-9-8-21(32)16-25(24)33/h5-9,16,20,22H,4,10-15,17-18H2,1-3H3/p+1/t22-,31-/m0/s1. The van der Waals surface area contributed by atoms with Gasteiger partial charge in [0.2, 0.25) is 0 Å². The molecule has 0 spiro atoms. The van der Waals surface area contributed by atoms with Crippen LogP contribution in [0.3, 0.4) is 0 Å². The molecule has 10 heteroatoms. The Hall–Kier alpha value is -3.14. The molecular formula is C31H36ClFN3O5+. The van der Waals surface area contributed by atoms with Gasteiger partial charge in [-0.2, -0.15) is 0 Å². The number of nitrogens with zero attached hydrogens (tertiary/aromatic N) is 2. The molecule has 41 heavy (non-hydrogen) atoms. The van der Waals surface area contributed by atoms with Crippen LogP contribution in [0.4, 0.5) is 4.39 Å². The fraction of sp³-hybridized carbons (Fsp3) is 0.484. The number of aromatic amines is 1. The van der Waals surface area contributed by atoms with Gasteiger partial charge < -0.3 is 18.9 Å². The summed E-state index contributed by atoms with van der Waals surface area (Å²) in [5.74, 6) is 0.518. The van der Waals surface area contributed by atoms with Crippen molar-refractivity contribution in [3.8, 4) is 11.5 Å². The number of aromatic nitrogens is 2. The fourth-order valence-electron chi connectivity index (χ4n) is 6.15. The van der Waals surface area contributed by atoms with Crippen molar-refractivity contribution in [2.24, 2.45) is 0 Å². The number of hydrogen-bond donors (Lipinski definition) is 1. The number of imidazole rings is 1. The van der Waals surface area contributed by atoms with Crippen LogP contribution in [0.5, 0.6) is 11.5 Å². The molecule has 8 nitrogen and oxygen atoms in total. The highest BCUT2D eigenvalue weighted by atomic mass is 35.5. The van der Waals surface area contributed by atoms with Crippen molar-refractivity contribution in [1.29, 1.82) is 0 Å². The van der Waals surface area contributed by atoms with E-state index in [2.05, 4.69) is 20.5 Å². The molecule has 0 unspecified atom stereocenters. The first-order valence-corrected chi connectivity index (χ1v) is 14.7. The van der Waals surface area contributed by atoms with Crippen LogP contribution in [0.15, 0.2) is 36.4 Å². The molecule has 3 aliphatic heterocycles. The van der Waals surface area contributed by atoms with E-state index in [4.69, 9.17) is 30.5 Å². The summed E-state index contributed by atoms with van der Waals surface area (Å²) >= 11 is 5.97. The Bertz CT molecular complexity index is 1450. The number of esters is 1. The van der Waals surface area contributed by atoms with Gasteiger partial charge in [-0.3, -0.25) is 4.90 Å². The molecule has 0 bridgehead atoms. The summed E-state index contributed by atoms with van der Waals surface area (Å²) in [5.41, 5.74) is 2.77. The third-order valence-corrected chi connectivity index (χ3v) is 8.60. The minimum Gasteiger partial charge on any atom is -0.460 e. The van der Waals surface area contributed by atoms with Gasteiger partial charge in [0.15, 0.2) is 17.2 Å². The second-order valence-electron chi connectivity index (χ2n) is 11.2. The van der Waals surface area contributed by atoms with Crippen LogP contribution in [0.2, 0.25) is 5.02 Å². The molecule has 6 rings (SSSR count). The van der Waals surface area contributed by atoms with Gasteiger partial charge in [0.1, 0.15) is 18.9 Å². The van der Waals surface area contributed by atoms with Gasteiger partial charge >= 0.3 is 5.97 Å². The maximum atomic E-state index is 14.8. The molecule has 0 radical (unpaired) electrons. The second kappa shape index (κ2) is 11.3. The van der Waals surface area contributed by atoms with Crippen LogP contribution in [0.25, 0.3) is 0 Å². The van der Waals surface area contributed by atoms with E-state index in [9.17, 15) is 9.18 Å². The lowest BCUT2D eigenvalue weighted by Gasteiger charge is -2.32. The number of para-hydroxylation sites is 1. The number of ether oxygens (including phenoxy) is 4. The van der Waals surface area contributed by atoms with Gasteiger partial charge in [0.25, 0.3) is 17.3 Å². The Morgan fingerprint density at radius 2 is 2.00 bits per heavy atom. The van der Waals surface area contributed by atoms with Gasteiger partial charge in [0.05, 0.1) is 18.3 Å². The normalized spacial score (nSPS) is 22.5. The van der Waals surface area contributed by atoms with Crippen molar-refractivity contribution in [3.05, 3.63) is 75.6 Å². The number of piperidine rings is 1. The van der Waals surface area contributed by atoms with Gasteiger partial charge in [-0.1, -0.05) is 23.7 Å². The first-order valence-electron chi connectivity index (χ1n) is 14.3. The molecular weight excluding hydrogens is 549 g/mol. The van der Waals surface area contributed by atoms with E-state index >= 15 is 0 Å². The summed E-state index contributed by atoms with van der Waals surface area (Å²) in [4.78, 5) is 18.6. The number of nitrogens with one attached hydrogen (secondary N) is 1. The molecule has 2 fully saturated rings. The monoisotopic (exact) mass is 584 g/mol. The molecule has 1 N–H and O–H groups in total. The Morgan fingerprint density at radius 1 is 1.22 bits per heavy atom. The van der Waals surface area contributed by atoms with Gasteiger partial charge in [-0.05, 0) is 63.0 Å². The SMILES string of the molecule is CCOC(=O)c1c(C)[nH]c(CN2CCC(c3cccc4c3O[C@@](C)(c3ccc(Cl)cc3F)O4)CC2)[n+]1C[C@@H]1CCO1. The number of benzene rings is 2. The fourth-order valence-corrected chi connectivity index (χ4v) is 6.31. The molecule has 1 aromatic heterocycles. The van der Waals surface area contributed by atoms with Crippen LogP contribution >= 0.6 is 11.6 Å². The molecule has 0 aliphatic carbocycles. The molecule has 3 aliphatic rings. The highest BCUT2D eigenvalue weighted by molar-refractivity contribution is 6.30. The highest BCUT2D eigenvalue weighted by Crippen LogP contribution is 2.49. The van der Waals surface area contributed by atoms with Crippen molar-refractivity contribution in [2.45, 2.75) is 70.9 Å². The zero-order valence-electron chi connectivity index (χ0n) is 23.7. The first-order chi connectivity index (χ1) is 19.8. The lowest BCUT2D eigenvalue weighted by atomic mass is 9.88. The van der Waals surface area contributed by atoms with Crippen LogP contribution in [0.1, 0.15) is 72.2 Å². The number of carbonyl (C=O) groups is 1. The maximum absolute atomic E-state index is 14.8. The third kappa shape index (κ3) is 5.43. The van der Waals surface area contributed by atoms with Gasteiger partial charge in [-0.15, -0.1) is 0 Å². The summed E-state index contributed by atoms with van der Waals surface area (Å²) in [6.07, 6.45) is 2.97. The number of likely N-dealkylation sites (tertiary alicyclic amines) is 1. The summed E-state index contributed by atoms with van der Waals surface area (Å²) in [7, 11) is 0. The Labute approximate surface area is 244 Å². The zero-order chi connectivity index (χ0) is 28.7. The van der Waals surface area contributed by atoms with E-state index in [1.807, 2.05) is 26.0 Å². The second-order valence-corrected chi connectivity index (χ2v) is 11.6. The van der Waals surface area contributed by atoms with E-state index in [-0.39, 0.29) is 18.0 Å². The summed E-state index contributed by atoms with van der Waals surface area (Å²) in [6, 6.07) is 10.4. The van der Waals surface area contributed by atoms with Crippen molar-refractivity contribution in [1.82, 2.24) is 9.88 Å². The van der Waals surface area contributed by atoms with Crippen molar-refractivity contribution < 1.29 is 32.7 Å². The summed E-state index contributed by atoms with van der Waals surface area (Å²) in [5, 5.41) is 0.325. The zero-order valence-corrected chi connectivity index (χ0v) is 24.4. The van der Waals surface area contributed by atoms with E-state index in [0.29, 0.717) is 47.5 Å². The molecule has 3 aromatic rings. The molecule has 0 saturated carbocycles. The quantitative estimate of drug-likeness (QED) is 0.283. The van der Waals surface area contributed by atoms with Crippen molar-refractivity contribution in [3.63, 3.8) is 0 Å². The van der Waals surface area contributed by atoms with Gasteiger partial charge in [-0.25, -0.2) is 18.7 Å². The number of H-pyrrole nitrogens is 1. The Morgan fingerprint density at radius 3 is 2.68 bits per heavy atom. The molecule has 2 aromatic carbocycles. The predicted molar refractivity (Wildman–Crippen MR) is 150 cm³/mol. The van der Waals surface area contributed by atoms with E-state index < -0.39 is 11.6 Å². The Balaban J connectivity index is 1.16. The van der Waals surface area contributed by atoms with Crippen LogP contribution in [-0.2, 0) is 28.4 Å². The molecule has 2 saturated heterocycles. The van der Waals surface area contributed by atoms with Gasteiger partial charge in [0, 0.05) is 37.5 Å².